The first kappa shape index (κ1) is 16.6. The Morgan fingerprint density at radius 3 is 2.81 bits per heavy atom. The van der Waals surface area contributed by atoms with Gasteiger partial charge in [0.15, 0.2) is 0 Å². The van der Waals surface area contributed by atoms with Gasteiger partial charge in [-0.2, -0.15) is 0 Å². The first-order valence-electron chi connectivity index (χ1n) is 8.33. The summed E-state index contributed by atoms with van der Waals surface area (Å²) in [5, 5.41) is 4.37. The van der Waals surface area contributed by atoms with E-state index >= 15 is 0 Å². The molecule has 118 valence electrons. The van der Waals surface area contributed by atoms with Crippen LogP contribution in [-0.2, 0) is 6.54 Å². The molecular weight excluding hydrogens is 280 g/mol. The van der Waals surface area contributed by atoms with Crippen molar-refractivity contribution in [3.05, 3.63) is 28.8 Å². The summed E-state index contributed by atoms with van der Waals surface area (Å²) in [4.78, 5) is 2.49. The monoisotopic (exact) mass is 308 g/mol. The van der Waals surface area contributed by atoms with E-state index < -0.39 is 0 Å². The smallest absolute Gasteiger partial charge is 0.0642 e. The molecule has 0 bridgehead atoms. The number of benzene rings is 1. The summed E-state index contributed by atoms with van der Waals surface area (Å²) >= 11 is 6.55. The second-order valence-corrected chi connectivity index (χ2v) is 7.11. The van der Waals surface area contributed by atoms with E-state index in [4.69, 9.17) is 11.6 Å². The highest BCUT2D eigenvalue weighted by Gasteiger charge is 2.19. The minimum Gasteiger partial charge on any atom is -0.368 e. The lowest BCUT2D eigenvalue weighted by Gasteiger charge is -2.30. The molecule has 1 heterocycles. The van der Waals surface area contributed by atoms with Gasteiger partial charge in [-0.3, -0.25) is 0 Å². The summed E-state index contributed by atoms with van der Waals surface area (Å²) in [6.07, 6.45) is 5.23. The van der Waals surface area contributed by atoms with Gasteiger partial charge in [0.2, 0.25) is 0 Å². The van der Waals surface area contributed by atoms with Gasteiger partial charge in [0, 0.05) is 19.1 Å². The van der Waals surface area contributed by atoms with Gasteiger partial charge in [0.05, 0.1) is 10.7 Å². The quantitative estimate of drug-likeness (QED) is 0.836. The zero-order chi connectivity index (χ0) is 15.2. The summed E-state index contributed by atoms with van der Waals surface area (Å²) in [5.74, 6) is 0.678. The molecule has 0 amide bonds. The Bertz CT molecular complexity index is 445. The van der Waals surface area contributed by atoms with Crippen LogP contribution in [-0.4, -0.2) is 19.1 Å². The normalized spacial score (nSPS) is 19.9. The maximum Gasteiger partial charge on any atom is 0.0642 e. The van der Waals surface area contributed by atoms with E-state index in [2.05, 4.69) is 49.2 Å². The van der Waals surface area contributed by atoms with E-state index in [0.717, 1.165) is 24.7 Å². The Morgan fingerprint density at radius 2 is 2.10 bits per heavy atom. The molecule has 1 fully saturated rings. The van der Waals surface area contributed by atoms with Crippen LogP contribution < -0.4 is 10.2 Å². The molecule has 1 atom stereocenters. The van der Waals surface area contributed by atoms with Gasteiger partial charge in [-0.1, -0.05) is 44.4 Å². The van der Waals surface area contributed by atoms with E-state index in [0.29, 0.717) is 12.0 Å². The Kier molecular flexibility index (Phi) is 6.38. The van der Waals surface area contributed by atoms with Crippen LogP contribution in [0.4, 0.5) is 5.69 Å². The first-order chi connectivity index (χ1) is 10.1. The van der Waals surface area contributed by atoms with Gasteiger partial charge >= 0.3 is 0 Å². The third-order valence-electron chi connectivity index (χ3n) is 4.26. The van der Waals surface area contributed by atoms with Gasteiger partial charge < -0.3 is 10.2 Å². The van der Waals surface area contributed by atoms with Gasteiger partial charge in [-0.15, -0.1) is 0 Å². The molecule has 0 spiro atoms. The van der Waals surface area contributed by atoms with Crippen molar-refractivity contribution in [3.8, 4) is 0 Å². The molecule has 0 aliphatic carbocycles. The van der Waals surface area contributed by atoms with Crippen molar-refractivity contribution < 1.29 is 0 Å². The third-order valence-corrected chi connectivity index (χ3v) is 4.56. The van der Waals surface area contributed by atoms with Crippen LogP contribution in [0, 0.1) is 5.92 Å². The average molecular weight is 309 g/mol. The number of nitrogens with zero attached hydrogens (tertiary/aromatic N) is 1. The highest BCUT2D eigenvalue weighted by molar-refractivity contribution is 6.33. The number of hydrogen-bond donors (Lipinski definition) is 1. The van der Waals surface area contributed by atoms with E-state index in [-0.39, 0.29) is 0 Å². The number of rotatable bonds is 5. The van der Waals surface area contributed by atoms with Crippen molar-refractivity contribution in [2.45, 2.75) is 59.0 Å². The van der Waals surface area contributed by atoms with Crippen molar-refractivity contribution in [1.82, 2.24) is 5.32 Å². The maximum absolute atomic E-state index is 6.55. The molecule has 1 aliphatic rings. The fourth-order valence-corrected chi connectivity index (χ4v) is 3.34. The molecule has 3 heteroatoms. The van der Waals surface area contributed by atoms with Crippen LogP contribution in [0.2, 0.25) is 5.02 Å². The van der Waals surface area contributed by atoms with Gasteiger partial charge in [0.1, 0.15) is 0 Å². The molecule has 0 radical (unpaired) electrons. The second-order valence-electron chi connectivity index (χ2n) is 6.70. The predicted octanol–water partition coefficient (Wildman–Crippen LogP) is 4.85. The molecular formula is C18H29ClN2. The van der Waals surface area contributed by atoms with Crippen molar-refractivity contribution in [2.75, 3.05) is 18.0 Å². The molecule has 0 aromatic heterocycles. The number of nitrogens with one attached hydrogen (secondary N) is 1. The molecule has 2 rings (SSSR count). The Balaban J connectivity index is 2.04. The van der Waals surface area contributed by atoms with Crippen LogP contribution >= 0.6 is 11.6 Å². The van der Waals surface area contributed by atoms with Crippen LogP contribution in [0.25, 0.3) is 0 Å². The fourth-order valence-electron chi connectivity index (χ4n) is 3.03. The predicted molar refractivity (Wildman–Crippen MR) is 93.3 cm³/mol. The molecule has 2 nitrogen and oxygen atoms in total. The molecule has 1 N–H and O–H groups in total. The lowest BCUT2D eigenvalue weighted by atomic mass is 10.1. The summed E-state index contributed by atoms with van der Waals surface area (Å²) in [6, 6.07) is 7.14. The SMILES string of the molecule is CC(C)CNCc1ccc(N2CCCCCC2C)c(Cl)c1. The Morgan fingerprint density at radius 1 is 1.29 bits per heavy atom. The van der Waals surface area contributed by atoms with Crippen molar-refractivity contribution in [2.24, 2.45) is 5.92 Å². The highest BCUT2D eigenvalue weighted by Crippen LogP contribution is 2.31. The second kappa shape index (κ2) is 8.05. The van der Waals surface area contributed by atoms with E-state index in [1.54, 1.807) is 0 Å². The van der Waals surface area contributed by atoms with Crippen molar-refractivity contribution in [1.29, 1.82) is 0 Å². The molecule has 1 aromatic carbocycles. The minimum absolute atomic E-state index is 0.593. The molecule has 21 heavy (non-hydrogen) atoms. The number of anilines is 1. The van der Waals surface area contributed by atoms with E-state index in [1.807, 2.05) is 0 Å². The third kappa shape index (κ3) is 4.89. The zero-order valence-corrected chi connectivity index (χ0v) is 14.4. The van der Waals surface area contributed by atoms with E-state index in [9.17, 15) is 0 Å². The molecule has 0 saturated carbocycles. The van der Waals surface area contributed by atoms with Gasteiger partial charge in [0.25, 0.3) is 0 Å². The van der Waals surface area contributed by atoms with Crippen molar-refractivity contribution >= 4 is 17.3 Å². The summed E-state index contributed by atoms with van der Waals surface area (Å²) in [5.41, 5.74) is 2.48. The van der Waals surface area contributed by atoms with E-state index in [1.165, 1.54) is 36.9 Å². The molecule has 1 aliphatic heterocycles. The van der Waals surface area contributed by atoms with Gasteiger partial charge in [-0.25, -0.2) is 0 Å². The number of hydrogen-bond acceptors (Lipinski definition) is 2. The Labute approximate surface area is 134 Å². The summed E-state index contributed by atoms with van der Waals surface area (Å²) < 4.78 is 0. The van der Waals surface area contributed by atoms with Crippen LogP contribution in [0.1, 0.15) is 52.0 Å². The summed E-state index contributed by atoms with van der Waals surface area (Å²) in [7, 11) is 0. The lowest BCUT2D eigenvalue weighted by molar-refractivity contribution is 0.552. The summed E-state index contributed by atoms with van der Waals surface area (Å²) in [6.45, 7) is 9.84. The molecule has 1 unspecified atom stereocenters. The average Bonchev–Trinajstić information content (AvgIpc) is 2.63. The van der Waals surface area contributed by atoms with Crippen LogP contribution in [0.3, 0.4) is 0 Å². The van der Waals surface area contributed by atoms with Gasteiger partial charge in [-0.05, 0) is 49.9 Å². The lowest BCUT2D eigenvalue weighted by Crippen LogP contribution is -2.32. The fraction of sp³-hybridized carbons (Fsp3) is 0.667. The molecule has 1 aromatic rings. The van der Waals surface area contributed by atoms with Crippen molar-refractivity contribution in [3.63, 3.8) is 0 Å². The topological polar surface area (TPSA) is 15.3 Å². The number of halogens is 1. The van der Waals surface area contributed by atoms with Crippen LogP contribution in [0.15, 0.2) is 18.2 Å². The first-order valence-corrected chi connectivity index (χ1v) is 8.71. The highest BCUT2D eigenvalue weighted by atomic mass is 35.5. The minimum atomic E-state index is 0.593. The zero-order valence-electron chi connectivity index (χ0n) is 13.7. The maximum atomic E-state index is 6.55. The molecule has 1 saturated heterocycles. The Hall–Kier alpha value is -0.730. The standard InChI is InChI=1S/C18H29ClN2/c1-14(2)12-20-13-16-8-9-18(17(19)11-16)21-10-6-4-5-7-15(21)3/h8-9,11,14-15,20H,4-7,10,12-13H2,1-3H3. The largest absolute Gasteiger partial charge is 0.368 e. The van der Waals surface area contributed by atoms with Crippen LogP contribution in [0.5, 0.6) is 0 Å².